The summed E-state index contributed by atoms with van der Waals surface area (Å²) in [5.41, 5.74) is 2.28. The Morgan fingerprint density at radius 2 is 1.87 bits per heavy atom. The van der Waals surface area contributed by atoms with Gasteiger partial charge in [0.25, 0.3) is 0 Å². The highest BCUT2D eigenvalue weighted by atomic mass is 35.5. The zero-order valence-electron chi connectivity index (χ0n) is 12.7. The molecule has 4 rings (SSSR count). The minimum atomic E-state index is -0.744. The second-order valence-corrected chi connectivity index (χ2v) is 6.58. The van der Waals surface area contributed by atoms with Gasteiger partial charge in [-0.05, 0) is 30.5 Å². The second-order valence-electron chi connectivity index (χ2n) is 6.14. The minimum absolute atomic E-state index is 0.695. The highest BCUT2D eigenvalue weighted by molar-refractivity contribution is 6.31. The van der Waals surface area contributed by atoms with Crippen LogP contribution in [0.25, 0.3) is 10.9 Å². The van der Waals surface area contributed by atoms with Crippen LogP contribution in [0.15, 0.2) is 48.7 Å². The predicted molar refractivity (Wildman–Crippen MR) is 92.9 cm³/mol. The molecular weight excluding hydrogens is 310 g/mol. The lowest BCUT2D eigenvalue weighted by Crippen LogP contribution is -2.42. The Morgan fingerprint density at radius 3 is 2.61 bits per heavy atom. The molecule has 5 heteroatoms. The van der Waals surface area contributed by atoms with Crippen LogP contribution in [0.4, 0.5) is 5.69 Å². The number of nitrogens with zero attached hydrogens (tertiary/aromatic N) is 2. The number of aromatic nitrogens is 2. The van der Waals surface area contributed by atoms with E-state index in [1.165, 1.54) is 0 Å². The highest BCUT2D eigenvalue weighted by Gasteiger charge is 2.34. The molecule has 1 aromatic heterocycles. The number of hydrogen-bond donors (Lipinski definition) is 2. The molecule has 0 atom stereocenters. The van der Waals surface area contributed by atoms with Gasteiger partial charge in [0.15, 0.2) is 0 Å². The fourth-order valence-corrected chi connectivity index (χ4v) is 3.63. The van der Waals surface area contributed by atoms with E-state index in [0.717, 1.165) is 35.2 Å². The van der Waals surface area contributed by atoms with Crippen molar-refractivity contribution in [1.82, 2.24) is 10.2 Å². The number of nitrogens with one attached hydrogen (secondary N) is 1. The fraction of sp³-hybridized carbons (Fsp3) is 0.278. The molecule has 2 heterocycles. The van der Waals surface area contributed by atoms with Crippen molar-refractivity contribution in [3.05, 3.63) is 59.2 Å². The van der Waals surface area contributed by atoms with E-state index >= 15 is 0 Å². The number of halogens is 1. The third-order valence-corrected chi connectivity index (χ3v) is 4.96. The third-order valence-electron chi connectivity index (χ3n) is 4.74. The number of rotatable bonds is 2. The molecule has 0 bridgehead atoms. The van der Waals surface area contributed by atoms with Crippen molar-refractivity contribution in [3.8, 4) is 0 Å². The number of anilines is 1. The van der Waals surface area contributed by atoms with E-state index in [4.69, 9.17) is 11.6 Å². The maximum absolute atomic E-state index is 11.0. The molecule has 3 aromatic rings. The molecule has 0 radical (unpaired) electrons. The summed E-state index contributed by atoms with van der Waals surface area (Å²) in [4.78, 5) is 2.28. The van der Waals surface area contributed by atoms with Crippen LogP contribution in [-0.2, 0) is 5.60 Å². The van der Waals surface area contributed by atoms with Crippen LogP contribution in [0.1, 0.15) is 18.4 Å². The van der Waals surface area contributed by atoms with Gasteiger partial charge >= 0.3 is 0 Å². The van der Waals surface area contributed by atoms with Crippen LogP contribution < -0.4 is 4.90 Å². The second kappa shape index (κ2) is 5.55. The van der Waals surface area contributed by atoms with Crippen molar-refractivity contribution in [3.63, 3.8) is 0 Å². The molecule has 0 spiro atoms. The summed E-state index contributed by atoms with van der Waals surface area (Å²) in [6, 6.07) is 13.8. The van der Waals surface area contributed by atoms with Crippen molar-refractivity contribution in [2.75, 3.05) is 18.0 Å². The average Bonchev–Trinajstić information content (AvgIpc) is 3.04. The first kappa shape index (κ1) is 14.5. The maximum Gasteiger partial charge on any atom is 0.0930 e. The topological polar surface area (TPSA) is 52.1 Å². The highest BCUT2D eigenvalue weighted by Crippen LogP contribution is 2.37. The SMILES string of the molecule is OC1(c2ccccc2)CCN(c2cc(Cl)cc3[nH]ncc23)CC1. The number of hydrogen-bond acceptors (Lipinski definition) is 3. The van der Waals surface area contributed by atoms with Gasteiger partial charge in [0.1, 0.15) is 0 Å². The predicted octanol–water partition coefficient (Wildman–Crippen LogP) is 3.70. The summed E-state index contributed by atoms with van der Waals surface area (Å²) in [5.74, 6) is 0. The molecule has 1 aliphatic heterocycles. The van der Waals surface area contributed by atoms with Gasteiger partial charge in [-0.1, -0.05) is 41.9 Å². The van der Waals surface area contributed by atoms with E-state index in [-0.39, 0.29) is 0 Å². The molecule has 1 saturated heterocycles. The first-order chi connectivity index (χ1) is 11.2. The van der Waals surface area contributed by atoms with Crippen LogP contribution in [0, 0.1) is 0 Å². The lowest BCUT2D eigenvalue weighted by molar-refractivity contribution is 0.0118. The number of aliphatic hydroxyl groups is 1. The van der Waals surface area contributed by atoms with Crippen LogP contribution in [-0.4, -0.2) is 28.4 Å². The van der Waals surface area contributed by atoms with Gasteiger partial charge < -0.3 is 10.0 Å². The Labute approximate surface area is 139 Å². The van der Waals surface area contributed by atoms with Crippen molar-refractivity contribution < 1.29 is 5.11 Å². The lowest BCUT2D eigenvalue weighted by atomic mass is 9.84. The molecule has 0 amide bonds. The van der Waals surface area contributed by atoms with Gasteiger partial charge in [0.05, 0.1) is 17.3 Å². The fourth-order valence-electron chi connectivity index (χ4n) is 3.41. The Bertz CT molecular complexity index is 823. The molecule has 4 nitrogen and oxygen atoms in total. The van der Waals surface area contributed by atoms with Gasteiger partial charge in [0.2, 0.25) is 0 Å². The minimum Gasteiger partial charge on any atom is -0.385 e. The van der Waals surface area contributed by atoms with Gasteiger partial charge in [0, 0.05) is 29.2 Å². The monoisotopic (exact) mass is 327 g/mol. The van der Waals surface area contributed by atoms with Crippen molar-refractivity contribution in [2.24, 2.45) is 0 Å². The largest absolute Gasteiger partial charge is 0.385 e. The number of fused-ring (bicyclic) bond motifs is 1. The van der Waals surface area contributed by atoms with Gasteiger partial charge in [-0.15, -0.1) is 0 Å². The zero-order valence-corrected chi connectivity index (χ0v) is 13.4. The Balaban J connectivity index is 1.61. The summed E-state index contributed by atoms with van der Waals surface area (Å²) in [6.07, 6.45) is 3.23. The molecule has 0 unspecified atom stereocenters. The van der Waals surface area contributed by atoms with E-state index in [2.05, 4.69) is 15.1 Å². The van der Waals surface area contributed by atoms with Crippen LogP contribution in [0.5, 0.6) is 0 Å². The Morgan fingerprint density at radius 1 is 1.13 bits per heavy atom. The summed E-state index contributed by atoms with van der Waals surface area (Å²) in [5, 5.41) is 19.8. The van der Waals surface area contributed by atoms with Crippen molar-refractivity contribution in [1.29, 1.82) is 0 Å². The quantitative estimate of drug-likeness (QED) is 0.754. The molecule has 2 aromatic carbocycles. The molecule has 23 heavy (non-hydrogen) atoms. The molecule has 1 fully saturated rings. The average molecular weight is 328 g/mol. The summed E-state index contributed by atoms with van der Waals surface area (Å²) >= 11 is 6.23. The smallest absolute Gasteiger partial charge is 0.0930 e. The zero-order chi connectivity index (χ0) is 15.9. The molecule has 118 valence electrons. The van der Waals surface area contributed by atoms with Gasteiger partial charge in [-0.3, -0.25) is 5.10 Å². The summed E-state index contributed by atoms with van der Waals surface area (Å²) in [7, 11) is 0. The molecular formula is C18H18ClN3O. The number of benzene rings is 2. The van der Waals surface area contributed by atoms with Crippen LogP contribution >= 0.6 is 11.6 Å². The maximum atomic E-state index is 11.0. The lowest BCUT2D eigenvalue weighted by Gasteiger charge is -2.39. The molecule has 0 saturated carbocycles. The number of H-pyrrole nitrogens is 1. The first-order valence-corrected chi connectivity index (χ1v) is 8.19. The van der Waals surface area contributed by atoms with E-state index in [1.54, 1.807) is 0 Å². The molecule has 1 aliphatic rings. The molecule has 0 aliphatic carbocycles. The first-order valence-electron chi connectivity index (χ1n) is 7.81. The standard InChI is InChI=1S/C18H18ClN3O/c19-14-10-16-15(12-20-21-16)17(11-14)22-8-6-18(23,7-9-22)13-4-2-1-3-5-13/h1-5,10-12,23H,6-9H2,(H,20,21). The Hall–Kier alpha value is -2.04. The summed E-state index contributed by atoms with van der Waals surface area (Å²) < 4.78 is 0. The summed E-state index contributed by atoms with van der Waals surface area (Å²) in [6.45, 7) is 1.57. The van der Waals surface area contributed by atoms with E-state index in [9.17, 15) is 5.11 Å². The molecule has 2 N–H and O–H groups in total. The van der Waals surface area contributed by atoms with Crippen molar-refractivity contribution in [2.45, 2.75) is 18.4 Å². The van der Waals surface area contributed by atoms with Gasteiger partial charge in [-0.25, -0.2) is 0 Å². The number of piperidine rings is 1. The van der Waals surface area contributed by atoms with Crippen LogP contribution in [0.2, 0.25) is 5.02 Å². The van der Waals surface area contributed by atoms with E-state index < -0.39 is 5.60 Å². The van der Waals surface area contributed by atoms with Crippen molar-refractivity contribution >= 4 is 28.2 Å². The third kappa shape index (κ3) is 2.58. The Kier molecular flexibility index (Phi) is 3.51. The van der Waals surface area contributed by atoms with E-state index in [0.29, 0.717) is 17.9 Å². The van der Waals surface area contributed by atoms with E-state index in [1.807, 2.05) is 48.7 Å². The van der Waals surface area contributed by atoms with Gasteiger partial charge in [-0.2, -0.15) is 5.10 Å². The normalized spacial score (nSPS) is 17.6. The number of aromatic amines is 1. The van der Waals surface area contributed by atoms with Crippen LogP contribution in [0.3, 0.4) is 0 Å².